The maximum absolute atomic E-state index is 11.4. The molecule has 0 bridgehead atoms. The summed E-state index contributed by atoms with van der Waals surface area (Å²) < 4.78 is 5.18. The molecule has 1 fully saturated rings. The number of carbonyl (C=O) groups is 1. The number of aromatic nitrogens is 1. The number of hydrogen-bond acceptors (Lipinski definition) is 4. The lowest BCUT2D eigenvalue weighted by molar-refractivity contribution is 0.0375. The average Bonchev–Trinajstić information content (AvgIpc) is 2.12. The van der Waals surface area contributed by atoms with E-state index in [2.05, 4.69) is 4.98 Å². The standard InChI is InChI=1S/C9H9NO2S/c11-9(12-8-5-13-6-8)7-1-3-10-4-2-7/h1-4,8H,5-6H2. The number of hydrogen-bond donors (Lipinski definition) is 0. The van der Waals surface area contributed by atoms with Crippen LogP contribution in [0, 0.1) is 0 Å². The SMILES string of the molecule is O=C(OC1CSC1)c1ccncc1. The van der Waals surface area contributed by atoms with Gasteiger partial charge in [0.05, 0.1) is 5.56 Å². The highest BCUT2D eigenvalue weighted by Crippen LogP contribution is 2.21. The first kappa shape index (κ1) is 8.56. The number of ether oxygens (including phenoxy) is 1. The van der Waals surface area contributed by atoms with Crippen molar-refractivity contribution in [1.82, 2.24) is 4.98 Å². The van der Waals surface area contributed by atoms with Gasteiger partial charge in [0.25, 0.3) is 0 Å². The van der Waals surface area contributed by atoms with Crippen LogP contribution in [0.25, 0.3) is 0 Å². The molecule has 2 rings (SSSR count). The maximum atomic E-state index is 11.4. The minimum absolute atomic E-state index is 0.116. The van der Waals surface area contributed by atoms with Crippen LogP contribution in [0.2, 0.25) is 0 Å². The Morgan fingerprint density at radius 1 is 1.46 bits per heavy atom. The van der Waals surface area contributed by atoms with Gasteiger partial charge in [-0.1, -0.05) is 0 Å². The Bertz CT molecular complexity index is 298. The second-order valence-electron chi connectivity index (χ2n) is 2.80. The number of nitrogens with zero attached hydrogens (tertiary/aromatic N) is 1. The molecule has 13 heavy (non-hydrogen) atoms. The fourth-order valence-corrected chi connectivity index (χ4v) is 1.55. The van der Waals surface area contributed by atoms with Gasteiger partial charge in [-0.15, -0.1) is 0 Å². The monoisotopic (exact) mass is 195 g/mol. The van der Waals surface area contributed by atoms with Gasteiger partial charge >= 0.3 is 5.97 Å². The molecule has 0 unspecified atom stereocenters. The van der Waals surface area contributed by atoms with Gasteiger partial charge in [-0.3, -0.25) is 4.98 Å². The molecule has 1 aliphatic heterocycles. The second kappa shape index (κ2) is 3.79. The molecule has 0 spiro atoms. The molecule has 0 N–H and O–H groups in total. The molecule has 3 nitrogen and oxygen atoms in total. The van der Waals surface area contributed by atoms with Crippen LogP contribution in [0.15, 0.2) is 24.5 Å². The fourth-order valence-electron chi connectivity index (χ4n) is 0.990. The van der Waals surface area contributed by atoms with Gasteiger partial charge in [0.15, 0.2) is 0 Å². The van der Waals surface area contributed by atoms with E-state index >= 15 is 0 Å². The summed E-state index contributed by atoms with van der Waals surface area (Å²) in [4.78, 5) is 15.2. The predicted octanol–water partition coefficient (Wildman–Crippen LogP) is 1.35. The van der Waals surface area contributed by atoms with E-state index in [0.29, 0.717) is 5.56 Å². The highest BCUT2D eigenvalue weighted by Gasteiger charge is 2.22. The third-order valence-electron chi connectivity index (χ3n) is 1.80. The smallest absolute Gasteiger partial charge is 0.338 e. The van der Waals surface area contributed by atoms with Crippen LogP contribution < -0.4 is 0 Å². The number of thioether (sulfide) groups is 1. The van der Waals surface area contributed by atoms with Crippen molar-refractivity contribution in [3.8, 4) is 0 Å². The lowest BCUT2D eigenvalue weighted by atomic mass is 10.3. The molecule has 0 atom stereocenters. The molecule has 68 valence electrons. The van der Waals surface area contributed by atoms with E-state index in [-0.39, 0.29) is 12.1 Å². The van der Waals surface area contributed by atoms with Crippen LogP contribution in [-0.2, 0) is 4.74 Å². The van der Waals surface area contributed by atoms with Crippen LogP contribution in [0.1, 0.15) is 10.4 Å². The summed E-state index contributed by atoms with van der Waals surface area (Å²) in [6, 6.07) is 3.32. The van der Waals surface area contributed by atoms with Crippen LogP contribution in [0.4, 0.5) is 0 Å². The van der Waals surface area contributed by atoms with Gasteiger partial charge in [0.1, 0.15) is 6.10 Å². The fraction of sp³-hybridized carbons (Fsp3) is 0.333. The predicted molar refractivity (Wildman–Crippen MR) is 50.8 cm³/mol. The topological polar surface area (TPSA) is 39.2 Å². The molecular weight excluding hydrogens is 186 g/mol. The first-order chi connectivity index (χ1) is 6.36. The third-order valence-corrected chi connectivity index (χ3v) is 3.01. The van der Waals surface area contributed by atoms with Crippen LogP contribution in [-0.4, -0.2) is 28.6 Å². The molecule has 1 saturated heterocycles. The molecule has 2 heterocycles. The van der Waals surface area contributed by atoms with Crippen molar-refractivity contribution in [2.24, 2.45) is 0 Å². The lowest BCUT2D eigenvalue weighted by Gasteiger charge is -2.24. The van der Waals surface area contributed by atoms with Gasteiger partial charge in [0, 0.05) is 23.9 Å². The van der Waals surface area contributed by atoms with Gasteiger partial charge in [-0.05, 0) is 12.1 Å². The van der Waals surface area contributed by atoms with E-state index < -0.39 is 0 Å². The molecule has 0 amide bonds. The van der Waals surface area contributed by atoms with Gasteiger partial charge < -0.3 is 4.74 Å². The summed E-state index contributed by atoms with van der Waals surface area (Å²) in [5, 5.41) is 0. The molecule has 0 saturated carbocycles. The Balaban J connectivity index is 1.97. The molecule has 0 radical (unpaired) electrons. The Labute approximate surface area is 80.5 Å². The van der Waals surface area contributed by atoms with E-state index in [1.165, 1.54) is 0 Å². The quantitative estimate of drug-likeness (QED) is 0.668. The summed E-state index contributed by atoms with van der Waals surface area (Å²) in [6.45, 7) is 0. The van der Waals surface area contributed by atoms with Crippen LogP contribution >= 0.6 is 11.8 Å². The first-order valence-corrected chi connectivity index (χ1v) is 5.20. The highest BCUT2D eigenvalue weighted by molar-refractivity contribution is 8.00. The zero-order chi connectivity index (χ0) is 9.10. The van der Waals surface area contributed by atoms with Gasteiger partial charge in [-0.2, -0.15) is 11.8 Å². The molecular formula is C9H9NO2S. The molecule has 0 aliphatic carbocycles. The normalized spacial score (nSPS) is 16.3. The summed E-state index contributed by atoms with van der Waals surface area (Å²) in [5.41, 5.74) is 0.576. The summed E-state index contributed by atoms with van der Waals surface area (Å²) >= 11 is 1.79. The van der Waals surface area contributed by atoms with Crippen molar-refractivity contribution in [2.45, 2.75) is 6.10 Å². The molecule has 4 heteroatoms. The Morgan fingerprint density at radius 3 is 2.69 bits per heavy atom. The highest BCUT2D eigenvalue weighted by atomic mass is 32.2. The van der Waals surface area contributed by atoms with Crippen molar-refractivity contribution in [3.63, 3.8) is 0 Å². The lowest BCUT2D eigenvalue weighted by Crippen LogP contribution is -2.30. The first-order valence-electron chi connectivity index (χ1n) is 4.05. The molecule has 1 aliphatic rings. The van der Waals surface area contributed by atoms with Crippen LogP contribution in [0.3, 0.4) is 0 Å². The molecule has 1 aromatic heterocycles. The van der Waals surface area contributed by atoms with E-state index in [4.69, 9.17) is 4.74 Å². The van der Waals surface area contributed by atoms with Crippen molar-refractivity contribution >= 4 is 17.7 Å². The number of esters is 1. The van der Waals surface area contributed by atoms with Crippen LogP contribution in [0.5, 0.6) is 0 Å². The average molecular weight is 195 g/mol. The third kappa shape index (κ3) is 2.01. The van der Waals surface area contributed by atoms with E-state index in [0.717, 1.165) is 11.5 Å². The summed E-state index contributed by atoms with van der Waals surface area (Å²) in [5.74, 6) is 1.61. The van der Waals surface area contributed by atoms with Crippen molar-refractivity contribution in [3.05, 3.63) is 30.1 Å². The van der Waals surface area contributed by atoms with Crippen molar-refractivity contribution < 1.29 is 9.53 Å². The molecule has 0 aromatic carbocycles. The zero-order valence-corrected chi connectivity index (χ0v) is 7.79. The van der Waals surface area contributed by atoms with E-state index in [1.807, 2.05) is 0 Å². The number of carbonyl (C=O) groups excluding carboxylic acids is 1. The minimum atomic E-state index is -0.243. The minimum Gasteiger partial charge on any atom is -0.457 e. The maximum Gasteiger partial charge on any atom is 0.338 e. The Hall–Kier alpha value is -1.03. The Morgan fingerprint density at radius 2 is 2.15 bits per heavy atom. The largest absolute Gasteiger partial charge is 0.457 e. The zero-order valence-electron chi connectivity index (χ0n) is 6.97. The molecule has 1 aromatic rings. The number of rotatable bonds is 2. The van der Waals surface area contributed by atoms with Gasteiger partial charge in [-0.25, -0.2) is 4.79 Å². The summed E-state index contributed by atoms with van der Waals surface area (Å²) in [7, 11) is 0. The van der Waals surface area contributed by atoms with Gasteiger partial charge in [0.2, 0.25) is 0 Å². The van der Waals surface area contributed by atoms with Crippen molar-refractivity contribution in [2.75, 3.05) is 11.5 Å². The summed E-state index contributed by atoms with van der Waals surface area (Å²) in [6.07, 6.45) is 3.30. The second-order valence-corrected chi connectivity index (χ2v) is 3.88. The van der Waals surface area contributed by atoms with E-state index in [1.54, 1.807) is 36.3 Å². The Kier molecular flexibility index (Phi) is 2.49. The van der Waals surface area contributed by atoms with Crippen molar-refractivity contribution in [1.29, 1.82) is 0 Å². The number of pyridine rings is 1. The van der Waals surface area contributed by atoms with E-state index in [9.17, 15) is 4.79 Å².